The van der Waals surface area contributed by atoms with Crippen LogP contribution >= 0.6 is 0 Å². The van der Waals surface area contributed by atoms with Crippen molar-refractivity contribution in [3.05, 3.63) is 41.5 Å². The zero-order valence-electron chi connectivity index (χ0n) is 10.9. The van der Waals surface area contributed by atoms with Crippen molar-refractivity contribution in [2.24, 2.45) is 0 Å². The Balaban J connectivity index is 2.55. The second-order valence-electron chi connectivity index (χ2n) is 4.01. The molecule has 0 spiro atoms. The van der Waals surface area contributed by atoms with E-state index >= 15 is 0 Å². The first-order valence-electron chi connectivity index (χ1n) is 5.81. The summed E-state index contributed by atoms with van der Waals surface area (Å²) in [5.41, 5.74) is 2.93. The lowest BCUT2D eigenvalue weighted by atomic mass is 10.1. The van der Waals surface area contributed by atoms with Crippen LogP contribution in [0, 0.1) is 13.8 Å². The average molecular weight is 246 g/mol. The molecule has 0 aliphatic carbocycles. The van der Waals surface area contributed by atoms with Crippen LogP contribution < -0.4 is 10.6 Å². The van der Waals surface area contributed by atoms with Gasteiger partial charge < -0.3 is 10.6 Å². The Hall–Kier alpha value is -2.10. The SMILES string of the molecule is CC=CC(=O)NCC(=O)Nc1cccc(C)c1C. The minimum atomic E-state index is -0.270. The van der Waals surface area contributed by atoms with Crippen molar-refractivity contribution in [3.63, 3.8) is 0 Å². The summed E-state index contributed by atoms with van der Waals surface area (Å²) in [4.78, 5) is 22.8. The molecule has 96 valence electrons. The summed E-state index contributed by atoms with van der Waals surface area (Å²) in [5, 5.41) is 5.27. The molecule has 0 unspecified atom stereocenters. The Kier molecular flexibility index (Phi) is 5.11. The van der Waals surface area contributed by atoms with Gasteiger partial charge in [0.2, 0.25) is 11.8 Å². The molecule has 18 heavy (non-hydrogen) atoms. The van der Waals surface area contributed by atoms with Gasteiger partial charge in [0.15, 0.2) is 0 Å². The molecule has 0 atom stereocenters. The van der Waals surface area contributed by atoms with Crippen molar-refractivity contribution in [1.82, 2.24) is 5.32 Å². The molecule has 1 aromatic rings. The Bertz CT molecular complexity index is 479. The summed E-state index contributed by atoms with van der Waals surface area (Å²) in [6, 6.07) is 5.71. The monoisotopic (exact) mass is 246 g/mol. The van der Waals surface area contributed by atoms with E-state index in [0.29, 0.717) is 0 Å². The second kappa shape index (κ2) is 6.59. The van der Waals surface area contributed by atoms with Gasteiger partial charge in [0.25, 0.3) is 0 Å². The standard InChI is InChI=1S/C14H18N2O2/c1-4-6-13(17)15-9-14(18)16-12-8-5-7-10(2)11(12)3/h4-8H,9H2,1-3H3,(H,15,17)(H,16,18). The topological polar surface area (TPSA) is 58.2 Å². The maximum absolute atomic E-state index is 11.6. The van der Waals surface area contributed by atoms with Gasteiger partial charge in [-0.2, -0.15) is 0 Å². The van der Waals surface area contributed by atoms with Gasteiger partial charge in [-0.3, -0.25) is 9.59 Å². The summed E-state index contributed by atoms with van der Waals surface area (Å²) in [6.45, 7) is 5.65. The molecule has 0 bridgehead atoms. The van der Waals surface area contributed by atoms with Crippen molar-refractivity contribution < 1.29 is 9.59 Å². The molecular weight excluding hydrogens is 228 g/mol. The maximum Gasteiger partial charge on any atom is 0.244 e. The van der Waals surface area contributed by atoms with E-state index in [-0.39, 0.29) is 18.4 Å². The van der Waals surface area contributed by atoms with Gasteiger partial charge in [-0.15, -0.1) is 0 Å². The van der Waals surface area contributed by atoms with Crippen LogP contribution in [0.25, 0.3) is 0 Å². The Labute approximate surface area is 107 Å². The molecule has 0 heterocycles. The quantitative estimate of drug-likeness (QED) is 0.798. The summed E-state index contributed by atoms with van der Waals surface area (Å²) in [5.74, 6) is -0.504. The minimum absolute atomic E-state index is 0.0312. The van der Waals surface area contributed by atoms with E-state index in [2.05, 4.69) is 10.6 Å². The molecule has 0 fully saturated rings. The highest BCUT2D eigenvalue weighted by Crippen LogP contribution is 2.17. The van der Waals surface area contributed by atoms with E-state index < -0.39 is 0 Å². The van der Waals surface area contributed by atoms with Gasteiger partial charge in [0.1, 0.15) is 0 Å². The minimum Gasteiger partial charge on any atom is -0.343 e. The van der Waals surface area contributed by atoms with Gasteiger partial charge in [-0.1, -0.05) is 18.2 Å². The summed E-state index contributed by atoms with van der Waals surface area (Å²) < 4.78 is 0. The fourth-order valence-electron chi connectivity index (χ4n) is 1.46. The number of nitrogens with one attached hydrogen (secondary N) is 2. The Morgan fingerprint density at radius 2 is 2.00 bits per heavy atom. The first kappa shape index (κ1) is 14.0. The number of carbonyl (C=O) groups is 2. The van der Waals surface area contributed by atoms with Crippen LogP contribution in [0.3, 0.4) is 0 Å². The highest BCUT2D eigenvalue weighted by atomic mass is 16.2. The zero-order chi connectivity index (χ0) is 13.5. The van der Waals surface area contributed by atoms with Crippen LogP contribution in [0.1, 0.15) is 18.1 Å². The molecule has 0 saturated carbocycles. The normalized spacial score (nSPS) is 10.4. The smallest absolute Gasteiger partial charge is 0.244 e. The van der Waals surface area contributed by atoms with Crippen LogP contribution in [0.5, 0.6) is 0 Å². The van der Waals surface area contributed by atoms with Gasteiger partial charge in [0.05, 0.1) is 6.54 Å². The third kappa shape index (κ3) is 4.05. The fourth-order valence-corrected chi connectivity index (χ4v) is 1.46. The van der Waals surface area contributed by atoms with Crippen LogP contribution in [0.4, 0.5) is 5.69 Å². The van der Waals surface area contributed by atoms with Gasteiger partial charge >= 0.3 is 0 Å². The highest BCUT2D eigenvalue weighted by Gasteiger charge is 2.06. The van der Waals surface area contributed by atoms with E-state index in [1.807, 2.05) is 32.0 Å². The first-order valence-corrected chi connectivity index (χ1v) is 5.81. The van der Waals surface area contributed by atoms with Gasteiger partial charge in [0, 0.05) is 5.69 Å². The van der Waals surface area contributed by atoms with Crippen molar-refractivity contribution in [1.29, 1.82) is 0 Å². The number of aryl methyl sites for hydroxylation is 1. The third-order valence-electron chi connectivity index (χ3n) is 2.62. The van der Waals surface area contributed by atoms with E-state index in [1.54, 1.807) is 13.0 Å². The summed E-state index contributed by atoms with van der Waals surface area (Å²) in [6.07, 6.45) is 3.00. The van der Waals surface area contributed by atoms with Crippen molar-refractivity contribution >= 4 is 17.5 Å². The summed E-state index contributed by atoms with van der Waals surface area (Å²) >= 11 is 0. The van der Waals surface area contributed by atoms with Crippen LogP contribution in [0.2, 0.25) is 0 Å². The lowest BCUT2D eigenvalue weighted by Gasteiger charge is -2.10. The number of anilines is 1. The number of benzene rings is 1. The molecule has 1 rings (SSSR count). The molecule has 4 nitrogen and oxygen atoms in total. The van der Waals surface area contributed by atoms with Crippen molar-refractivity contribution in [2.75, 3.05) is 11.9 Å². The molecule has 4 heteroatoms. The molecule has 0 radical (unpaired) electrons. The maximum atomic E-state index is 11.6. The van der Waals surface area contributed by atoms with Gasteiger partial charge in [-0.05, 0) is 44.0 Å². The predicted molar refractivity (Wildman–Crippen MR) is 72.4 cm³/mol. The van der Waals surface area contributed by atoms with Crippen molar-refractivity contribution in [2.45, 2.75) is 20.8 Å². The van der Waals surface area contributed by atoms with E-state index in [0.717, 1.165) is 16.8 Å². The molecule has 0 aliphatic heterocycles. The second-order valence-corrected chi connectivity index (χ2v) is 4.01. The van der Waals surface area contributed by atoms with E-state index in [1.165, 1.54) is 6.08 Å². The number of carbonyl (C=O) groups excluding carboxylic acids is 2. The Morgan fingerprint density at radius 1 is 1.28 bits per heavy atom. The molecule has 0 aliphatic rings. The number of hydrogen-bond acceptors (Lipinski definition) is 2. The van der Waals surface area contributed by atoms with Crippen LogP contribution in [0.15, 0.2) is 30.4 Å². The number of hydrogen-bond donors (Lipinski definition) is 2. The molecule has 0 saturated heterocycles. The molecule has 0 aromatic heterocycles. The molecular formula is C14H18N2O2. The van der Waals surface area contributed by atoms with E-state index in [9.17, 15) is 9.59 Å². The molecule has 2 N–H and O–H groups in total. The fraction of sp³-hybridized carbons (Fsp3) is 0.286. The first-order chi connectivity index (χ1) is 8.54. The predicted octanol–water partition coefficient (Wildman–Crippen LogP) is 1.93. The largest absolute Gasteiger partial charge is 0.343 e. The highest BCUT2D eigenvalue weighted by molar-refractivity contribution is 5.97. The number of rotatable bonds is 4. The average Bonchev–Trinajstić information content (AvgIpc) is 2.33. The summed E-state index contributed by atoms with van der Waals surface area (Å²) in [7, 11) is 0. The third-order valence-corrected chi connectivity index (χ3v) is 2.62. The van der Waals surface area contributed by atoms with Crippen LogP contribution in [-0.2, 0) is 9.59 Å². The molecule has 2 amide bonds. The number of amides is 2. The number of allylic oxidation sites excluding steroid dienone is 1. The van der Waals surface area contributed by atoms with Crippen molar-refractivity contribution in [3.8, 4) is 0 Å². The lowest BCUT2D eigenvalue weighted by Crippen LogP contribution is -2.31. The lowest BCUT2D eigenvalue weighted by molar-refractivity contribution is -0.121. The van der Waals surface area contributed by atoms with E-state index in [4.69, 9.17) is 0 Å². The van der Waals surface area contributed by atoms with Gasteiger partial charge in [-0.25, -0.2) is 0 Å². The molecule has 1 aromatic carbocycles. The van der Waals surface area contributed by atoms with Crippen LogP contribution in [-0.4, -0.2) is 18.4 Å². The Morgan fingerprint density at radius 3 is 2.67 bits per heavy atom. The zero-order valence-corrected chi connectivity index (χ0v) is 10.9.